The molecule has 4 heteroatoms. The van der Waals surface area contributed by atoms with Gasteiger partial charge >= 0.3 is 0 Å². The van der Waals surface area contributed by atoms with Gasteiger partial charge in [-0.1, -0.05) is 36.7 Å². The van der Waals surface area contributed by atoms with Crippen molar-refractivity contribution in [3.05, 3.63) is 27.1 Å². The molecule has 1 unspecified atom stereocenters. The third-order valence-electron chi connectivity index (χ3n) is 2.78. The van der Waals surface area contributed by atoms with Crippen LogP contribution in [-0.4, -0.2) is 12.4 Å². The van der Waals surface area contributed by atoms with Gasteiger partial charge in [-0.15, -0.1) is 0 Å². The first-order chi connectivity index (χ1) is 7.84. The fourth-order valence-corrected chi connectivity index (χ4v) is 3.17. The highest BCUT2D eigenvalue weighted by molar-refractivity contribution is 9.11. The molecule has 1 nitrogen and oxygen atoms in total. The highest BCUT2D eigenvalue weighted by Gasteiger charge is 2.24. The van der Waals surface area contributed by atoms with Gasteiger partial charge in [0.25, 0.3) is 0 Å². The Balaban J connectivity index is 2.66. The van der Waals surface area contributed by atoms with Gasteiger partial charge in [0.1, 0.15) is 5.75 Å². The molecule has 0 N–H and O–H groups in total. The predicted molar refractivity (Wildman–Crippen MR) is 84.1 cm³/mol. The van der Waals surface area contributed by atoms with Crippen molar-refractivity contribution in [3.63, 3.8) is 0 Å². The Morgan fingerprint density at radius 3 is 2.41 bits per heavy atom. The zero-order valence-corrected chi connectivity index (χ0v) is 14.4. The molecule has 0 fully saturated rings. The number of hydrogen-bond acceptors (Lipinski definition) is 2. The molecule has 17 heavy (non-hydrogen) atoms. The monoisotopic (exact) mass is 380 g/mol. The minimum absolute atomic E-state index is 0.212. The molecule has 0 spiro atoms. The number of thiol groups is 1. The summed E-state index contributed by atoms with van der Waals surface area (Å²) < 4.78 is 7.87. The van der Waals surface area contributed by atoms with Gasteiger partial charge in [-0.05, 0) is 45.3 Å². The topological polar surface area (TPSA) is 9.23 Å². The molecule has 0 radical (unpaired) electrons. The van der Waals surface area contributed by atoms with Crippen LogP contribution in [0.15, 0.2) is 27.1 Å². The molecule has 0 aliphatic rings. The molecule has 0 aromatic heterocycles. The molecule has 0 heterocycles. The fourth-order valence-electron chi connectivity index (χ4n) is 1.36. The van der Waals surface area contributed by atoms with Gasteiger partial charge in [-0.2, -0.15) is 12.6 Å². The lowest BCUT2D eigenvalue weighted by Crippen LogP contribution is -2.28. The van der Waals surface area contributed by atoms with Crippen LogP contribution >= 0.6 is 44.5 Å². The second kappa shape index (κ2) is 6.48. The Kier molecular flexibility index (Phi) is 5.87. The number of hydrogen-bond donors (Lipinski definition) is 1. The van der Waals surface area contributed by atoms with Gasteiger partial charge in [0, 0.05) is 10.4 Å². The summed E-state index contributed by atoms with van der Waals surface area (Å²) in [5.41, 5.74) is 0.212. The minimum atomic E-state index is 0.212. The fraction of sp³-hybridized carbons (Fsp3) is 0.538. The zero-order valence-electron chi connectivity index (χ0n) is 10.3. The summed E-state index contributed by atoms with van der Waals surface area (Å²) in [5.74, 6) is 2.14. The largest absolute Gasteiger partial charge is 0.492 e. The Hall–Kier alpha value is 0.330. The molecule has 1 rings (SSSR count). The number of rotatable bonds is 4. The first-order valence-corrected chi connectivity index (χ1v) is 7.75. The van der Waals surface area contributed by atoms with E-state index in [2.05, 4.69) is 65.3 Å². The Labute approximate surface area is 126 Å². The third-order valence-corrected chi connectivity index (χ3v) is 4.33. The first kappa shape index (κ1) is 15.4. The maximum absolute atomic E-state index is 5.85. The molecule has 0 bridgehead atoms. The normalized spacial score (nSPS) is 13.5. The lowest BCUT2D eigenvalue weighted by Gasteiger charge is -2.29. The van der Waals surface area contributed by atoms with E-state index in [-0.39, 0.29) is 5.41 Å². The van der Waals surface area contributed by atoms with Gasteiger partial charge in [-0.3, -0.25) is 0 Å². The smallest absolute Gasteiger partial charge is 0.133 e. The van der Waals surface area contributed by atoms with Crippen molar-refractivity contribution in [1.29, 1.82) is 0 Å². The molecule has 0 aliphatic heterocycles. The van der Waals surface area contributed by atoms with Gasteiger partial charge in [-0.25, -0.2) is 0 Å². The van der Waals surface area contributed by atoms with E-state index >= 15 is 0 Å². The van der Waals surface area contributed by atoms with Crippen molar-refractivity contribution in [2.75, 3.05) is 12.4 Å². The summed E-state index contributed by atoms with van der Waals surface area (Å²) in [5, 5.41) is 0. The standard InChI is InChI=1S/C13H18Br2OS/c1-13(2,3)9(8-17)7-16-12-5-4-10(14)6-11(12)15/h4-6,9,17H,7-8H2,1-3H3. The van der Waals surface area contributed by atoms with E-state index in [1.165, 1.54) is 0 Å². The van der Waals surface area contributed by atoms with Crippen molar-refractivity contribution in [1.82, 2.24) is 0 Å². The second-order valence-electron chi connectivity index (χ2n) is 5.13. The molecule has 1 aromatic rings. The average Bonchev–Trinajstić information content (AvgIpc) is 2.19. The van der Waals surface area contributed by atoms with Crippen molar-refractivity contribution in [2.45, 2.75) is 20.8 Å². The minimum Gasteiger partial charge on any atom is -0.492 e. The zero-order chi connectivity index (χ0) is 13.1. The van der Waals surface area contributed by atoms with E-state index in [0.29, 0.717) is 12.5 Å². The summed E-state index contributed by atoms with van der Waals surface area (Å²) in [4.78, 5) is 0. The summed E-state index contributed by atoms with van der Waals surface area (Å²) in [6, 6.07) is 5.93. The van der Waals surface area contributed by atoms with E-state index in [1.54, 1.807) is 0 Å². The van der Waals surface area contributed by atoms with Crippen molar-refractivity contribution >= 4 is 44.5 Å². The van der Waals surface area contributed by atoms with Gasteiger partial charge in [0.2, 0.25) is 0 Å². The summed E-state index contributed by atoms with van der Waals surface area (Å²) in [6.45, 7) is 7.34. The summed E-state index contributed by atoms with van der Waals surface area (Å²) in [6.07, 6.45) is 0. The number of halogens is 2. The molecule has 0 aliphatic carbocycles. The van der Waals surface area contributed by atoms with Gasteiger partial charge in [0.05, 0.1) is 11.1 Å². The van der Waals surface area contributed by atoms with Crippen LogP contribution in [0.3, 0.4) is 0 Å². The van der Waals surface area contributed by atoms with Crippen LogP contribution in [0.25, 0.3) is 0 Å². The van der Waals surface area contributed by atoms with Crippen LogP contribution in [0.4, 0.5) is 0 Å². The third kappa shape index (κ3) is 4.84. The molecular formula is C13H18Br2OS. The van der Waals surface area contributed by atoms with Crippen LogP contribution in [0.2, 0.25) is 0 Å². The Bertz CT molecular complexity index is 374. The van der Waals surface area contributed by atoms with Gasteiger partial charge < -0.3 is 4.74 Å². The van der Waals surface area contributed by atoms with Crippen molar-refractivity contribution in [2.24, 2.45) is 11.3 Å². The molecule has 0 amide bonds. The van der Waals surface area contributed by atoms with E-state index in [1.807, 2.05) is 18.2 Å². The van der Waals surface area contributed by atoms with E-state index in [9.17, 15) is 0 Å². The molecule has 1 atom stereocenters. The lowest BCUT2D eigenvalue weighted by atomic mass is 9.82. The van der Waals surface area contributed by atoms with E-state index < -0.39 is 0 Å². The van der Waals surface area contributed by atoms with E-state index in [0.717, 1.165) is 20.4 Å². The number of ether oxygens (including phenoxy) is 1. The van der Waals surface area contributed by atoms with Crippen molar-refractivity contribution < 1.29 is 4.74 Å². The molecular weight excluding hydrogens is 364 g/mol. The summed E-state index contributed by atoms with van der Waals surface area (Å²) >= 11 is 11.3. The lowest BCUT2D eigenvalue weighted by molar-refractivity contribution is 0.164. The summed E-state index contributed by atoms with van der Waals surface area (Å²) in [7, 11) is 0. The highest BCUT2D eigenvalue weighted by atomic mass is 79.9. The molecule has 0 saturated carbocycles. The average molecular weight is 382 g/mol. The molecule has 1 aromatic carbocycles. The SMILES string of the molecule is CC(C)(C)C(CS)COc1ccc(Br)cc1Br. The second-order valence-corrected chi connectivity index (χ2v) is 7.27. The Morgan fingerprint density at radius 1 is 1.29 bits per heavy atom. The van der Waals surface area contributed by atoms with Gasteiger partial charge in [0.15, 0.2) is 0 Å². The van der Waals surface area contributed by atoms with Crippen LogP contribution in [-0.2, 0) is 0 Å². The van der Waals surface area contributed by atoms with Crippen molar-refractivity contribution in [3.8, 4) is 5.75 Å². The predicted octanol–water partition coefficient (Wildman–Crippen LogP) is 5.18. The number of benzene rings is 1. The van der Waals surface area contributed by atoms with Crippen LogP contribution in [0, 0.1) is 11.3 Å². The first-order valence-electron chi connectivity index (χ1n) is 5.53. The van der Waals surface area contributed by atoms with Crippen LogP contribution in [0.1, 0.15) is 20.8 Å². The maximum atomic E-state index is 5.85. The van der Waals surface area contributed by atoms with Crippen LogP contribution < -0.4 is 4.74 Å². The van der Waals surface area contributed by atoms with E-state index in [4.69, 9.17) is 4.74 Å². The maximum Gasteiger partial charge on any atom is 0.133 e. The quantitative estimate of drug-likeness (QED) is 0.706. The molecule has 0 saturated heterocycles. The van der Waals surface area contributed by atoms with Crippen LogP contribution in [0.5, 0.6) is 5.75 Å². The highest BCUT2D eigenvalue weighted by Crippen LogP contribution is 2.31. The Morgan fingerprint density at radius 2 is 1.94 bits per heavy atom. The molecule has 96 valence electrons.